The van der Waals surface area contributed by atoms with Gasteiger partial charge in [0.15, 0.2) is 5.82 Å². The number of pyridine rings is 1. The van der Waals surface area contributed by atoms with E-state index in [1.807, 2.05) is 13.0 Å². The zero-order valence-electron chi connectivity index (χ0n) is 10.3. The molecule has 0 unspecified atom stereocenters. The predicted octanol–water partition coefficient (Wildman–Crippen LogP) is 1.61. The molecule has 0 aliphatic heterocycles. The Bertz CT molecular complexity index is 584. The molecule has 0 spiro atoms. The van der Waals surface area contributed by atoms with Gasteiger partial charge in [0.25, 0.3) is 0 Å². The summed E-state index contributed by atoms with van der Waals surface area (Å²) in [4.78, 5) is 8.38. The first-order valence-electron chi connectivity index (χ1n) is 5.60. The molecule has 0 aromatic carbocycles. The van der Waals surface area contributed by atoms with E-state index in [0.29, 0.717) is 36.1 Å². The molecule has 2 rings (SSSR count). The minimum atomic E-state index is 0.532. The van der Waals surface area contributed by atoms with E-state index in [2.05, 4.69) is 26.5 Å². The average Bonchev–Trinajstić information content (AvgIpc) is 2.75. The first kappa shape index (κ1) is 12.0. The Hall–Kier alpha value is -2.42. The number of hydrogen-bond acceptors (Lipinski definition) is 6. The number of hydrogen-bond donors (Lipinski definition) is 1. The van der Waals surface area contributed by atoms with E-state index in [0.717, 1.165) is 5.69 Å². The molecule has 2 heterocycles. The van der Waals surface area contributed by atoms with Gasteiger partial charge in [0.1, 0.15) is 11.9 Å². The van der Waals surface area contributed by atoms with Gasteiger partial charge < -0.3 is 9.84 Å². The smallest absolute Gasteiger partial charge is 0.223 e. The van der Waals surface area contributed by atoms with E-state index < -0.39 is 0 Å². The van der Waals surface area contributed by atoms with E-state index in [-0.39, 0.29) is 0 Å². The second-order valence-corrected chi connectivity index (χ2v) is 3.87. The van der Waals surface area contributed by atoms with E-state index in [4.69, 9.17) is 9.78 Å². The minimum absolute atomic E-state index is 0.532. The van der Waals surface area contributed by atoms with Crippen molar-refractivity contribution in [2.45, 2.75) is 20.3 Å². The van der Waals surface area contributed by atoms with Crippen LogP contribution in [0.1, 0.15) is 23.0 Å². The molecule has 0 atom stereocenters. The number of aryl methyl sites for hydroxylation is 2. The molecule has 6 nitrogen and oxygen atoms in total. The Morgan fingerprint density at radius 1 is 1.33 bits per heavy atom. The van der Waals surface area contributed by atoms with Crippen molar-refractivity contribution in [3.8, 4) is 6.07 Å². The average molecular weight is 243 g/mol. The summed E-state index contributed by atoms with van der Waals surface area (Å²) in [6.45, 7) is 4.23. The van der Waals surface area contributed by atoms with Gasteiger partial charge >= 0.3 is 0 Å². The van der Waals surface area contributed by atoms with Gasteiger partial charge in [0.05, 0.1) is 5.56 Å². The summed E-state index contributed by atoms with van der Waals surface area (Å²) in [6.07, 6.45) is 0.623. The van der Waals surface area contributed by atoms with Crippen molar-refractivity contribution in [3.63, 3.8) is 0 Å². The maximum atomic E-state index is 8.96. The molecule has 0 fully saturated rings. The summed E-state index contributed by atoms with van der Waals surface area (Å²) in [7, 11) is 0. The van der Waals surface area contributed by atoms with Crippen LogP contribution in [0.25, 0.3) is 0 Å². The monoisotopic (exact) mass is 243 g/mol. The summed E-state index contributed by atoms with van der Waals surface area (Å²) >= 11 is 0. The normalized spacial score (nSPS) is 10.1. The van der Waals surface area contributed by atoms with Gasteiger partial charge in [-0.15, -0.1) is 0 Å². The molecule has 0 aliphatic carbocycles. The fraction of sp³-hybridized carbons (Fsp3) is 0.333. The number of nitrogens with one attached hydrogen (secondary N) is 1. The van der Waals surface area contributed by atoms with Gasteiger partial charge in [-0.05, 0) is 19.1 Å². The van der Waals surface area contributed by atoms with Crippen LogP contribution in [0.4, 0.5) is 5.82 Å². The Morgan fingerprint density at radius 3 is 2.83 bits per heavy atom. The standard InChI is InChI=1S/C12H13N5O/c1-8-3-4-10(7-13)12(15-8)14-6-5-11-16-9(2)18-17-11/h3-4H,5-6H2,1-2H3,(H,14,15). The Balaban J connectivity index is 1.98. The summed E-state index contributed by atoms with van der Waals surface area (Å²) in [5.41, 5.74) is 1.40. The lowest BCUT2D eigenvalue weighted by atomic mass is 10.2. The molecule has 18 heavy (non-hydrogen) atoms. The van der Waals surface area contributed by atoms with Crippen molar-refractivity contribution in [1.29, 1.82) is 5.26 Å². The molecule has 0 amide bonds. The number of anilines is 1. The van der Waals surface area contributed by atoms with Crippen molar-refractivity contribution < 1.29 is 4.52 Å². The van der Waals surface area contributed by atoms with Crippen molar-refractivity contribution in [3.05, 3.63) is 35.1 Å². The number of rotatable bonds is 4. The number of nitrogens with zero attached hydrogens (tertiary/aromatic N) is 4. The molecule has 0 radical (unpaired) electrons. The van der Waals surface area contributed by atoms with Gasteiger partial charge in [0, 0.05) is 25.6 Å². The summed E-state index contributed by atoms with van der Waals surface area (Å²) < 4.78 is 4.87. The fourth-order valence-electron chi connectivity index (χ4n) is 1.52. The van der Waals surface area contributed by atoms with Crippen LogP contribution in [0, 0.1) is 25.2 Å². The summed E-state index contributed by atoms with van der Waals surface area (Å²) in [6, 6.07) is 5.67. The van der Waals surface area contributed by atoms with Gasteiger partial charge in [-0.25, -0.2) is 4.98 Å². The van der Waals surface area contributed by atoms with Crippen LogP contribution in [0.5, 0.6) is 0 Å². The highest BCUT2D eigenvalue weighted by atomic mass is 16.5. The summed E-state index contributed by atoms with van der Waals surface area (Å²) in [5.74, 6) is 1.79. The largest absolute Gasteiger partial charge is 0.369 e. The molecule has 92 valence electrons. The molecule has 0 bridgehead atoms. The minimum Gasteiger partial charge on any atom is -0.369 e. The van der Waals surface area contributed by atoms with Crippen LogP contribution in [0.2, 0.25) is 0 Å². The SMILES string of the molecule is Cc1ccc(C#N)c(NCCc2noc(C)n2)n1. The molecule has 2 aromatic heterocycles. The quantitative estimate of drug-likeness (QED) is 0.877. The van der Waals surface area contributed by atoms with Crippen LogP contribution in [-0.4, -0.2) is 21.7 Å². The first-order chi connectivity index (χ1) is 8.69. The third-order valence-corrected chi connectivity index (χ3v) is 2.37. The lowest BCUT2D eigenvalue weighted by Gasteiger charge is -2.06. The van der Waals surface area contributed by atoms with Crippen LogP contribution in [0.3, 0.4) is 0 Å². The van der Waals surface area contributed by atoms with Crippen LogP contribution < -0.4 is 5.32 Å². The summed E-state index contributed by atoms with van der Waals surface area (Å²) in [5, 5.41) is 15.9. The predicted molar refractivity (Wildman–Crippen MR) is 64.9 cm³/mol. The Morgan fingerprint density at radius 2 is 2.17 bits per heavy atom. The zero-order chi connectivity index (χ0) is 13.0. The topological polar surface area (TPSA) is 87.6 Å². The highest BCUT2D eigenvalue weighted by Gasteiger charge is 2.05. The van der Waals surface area contributed by atoms with E-state index in [9.17, 15) is 0 Å². The second-order valence-electron chi connectivity index (χ2n) is 3.87. The Labute approximate surface area is 105 Å². The molecular weight excluding hydrogens is 230 g/mol. The Kier molecular flexibility index (Phi) is 3.53. The van der Waals surface area contributed by atoms with Crippen LogP contribution in [-0.2, 0) is 6.42 Å². The fourth-order valence-corrected chi connectivity index (χ4v) is 1.52. The van der Waals surface area contributed by atoms with Crippen molar-refractivity contribution in [1.82, 2.24) is 15.1 Å². The van der Waals surface area contributed by atoms with Crippen LogP contribution >= 0.6 is 0 Å². The molecular formula is C12H13N5O. The van der Waals surface area contributed by atoms with Crippen molar-refractivity contribution in [2.24, 2.45) is 0 Å². The number of nitriles is 1. The van der Waals surface area contributed by atoms with Gasteiger partial charge in [0.2, 0.25) is 5.89 Å². The van der Waals surface area contributed by atoms with Crippen molar-refractivity contribution >= 4 is 5.82 Å². The second kappa shape index (κ2) is 5.27. The molecule has 6 heteroatoms. The lowest BCUT2D eigenvalue weighted by Crippen LogP contribution is -2.09. The maximum Gasteiger partial charge on any atom is 0.223 e. The third kappa shape index (κ3) is 2.83. The third-order valence-electron chi connectivity index (χ3n) is 2.37. The zero-order valence-corrected chi connectivity index (χ0v) is 10.3. The highest BCUT2D eigenvalue weighted by Crippen LogP contribution is 2.11. The van der Waals surface area contributed by atoms with Gasteiger partial charge in [-0.2, -0.15) is 10.2 Å². The highest BCUT2D eigenvalue weighted by molar-refractivity contribution is 5.52. The lowest BCUT2D eigenvalue weighted by molar-refractivity contribution is 0.387. The van der Waals surface area contributed by atoms with Crippen LogP contribution in [0.15, 0.2) is 16.7 Å². The maximum absolute atomic E-state index is 8.96. The van der Waals surface area contributed by atoms with Crippen molar-refractivity contribution in [2.75, 3.05) is 11.9 Å². The number of aromatic nitrogens is 3. The van der Waals surface area contributed by atoms with E-state index in [1.165, 1.54) is 0 Å². The van der Waals surface area contributed by atoms with E-state index in [1.54, 1.807) is 13.0 Å². The molecule has 0 aliphatic rings. The molecule has 1 N–H and O–H groups in total. The first-order valence-corrected chi connectivity index (χ1v) is 5.60. The molecule has 0 saturated heterocycles. The van der Waals surface area contributed by atoms with Gasteiger partial charge in [-0.1, -0.05) is 5.16 Å². The van der Waals surface area contributed by atoms with E-state index >= 15 is 0 Å². The molecule has 0 saturated carbocycles. The molecule has 2 aromatic rings. The van der Waals surface area contributed by atoms with Gasteiger partial charge in [-0.3, -0.25) is 0 Å².